The molecule has 1 aromatic rings. The van der Waals surface area contributed by atoms with Crippen LogP contribution in [0.3, 0.4) is 0 Å². The number of hydrogen-bond donors (Lipinski definition) is 1. The number of nitrogens with one attached hydrogen (secondary N) is 1. The van der Waals surface area contributed by atoms with Gasteiger partial charge in [0.1, 0.15) is 5.75 Å². The van der Waals surface area contributed by atoms with Crippen LogP contribution in [0.5, 0.6) is 5.75 Å². The van der Waals surface area contributed by atoms with Crippen LogP contribution in [0.1, 0.15) is 24.8 Å². The van der Waals surface area contributed by atoms with E-state index in [9.17, 15) is 8.78 Å². The summed E-state index contributed by atoms with van der Waals surface area (Å²) in [5.41, 5.74) is 0.659. The third-order valence-corrected chi connectivity index (χ3v) is 3.65. The fourth-order valence-corrected chi connectivity index (χ4v) is 2.31. The largest absolute Gasteiger partial charge is 0.434 e. The SMILES string of the molecule is COC1(CNCc2ccccc2OC(F)F)CCC1. The quantitative estimate of drug-likeness (QED) is 0.827. The van der Waals surface area contributed by atoms with E-state index in [1.165, 1.54) is 6.42 Å². The molecule has 0 aliphatic heterocycles. The third-order valence-electron chi connectivity index (χ3n) is 3.65. The average molecular weight is 271 g/mol. The predicted octanol–water partition coefficient (Wildman–Crippen LogP) is 2.95. The summed E-state index contributed by atoms with van der Waals surface area (Å²) in [5, 5.41) is 3.26. The molecule has 1 fully saturated rings. The Balaban J connectivity index is 1.88. The summed E-state index contributed by atoms with van der Waals surface area (Å²) in [6, 6.07) is 6.83. The van der Waals surface area contributed by atoms with Crippen LogP contribution in [-0.2, 0) is 11.3 Å². The first kappa shape index (κ1) is 14.2. The highest BCUT2D eigenvalue weighted by Gasteiger charge is 2.36. The van der Waals surface area contributed by atoms with Crippen LogP contribution in [-0.4, -0.2) is 25.9 Å². The van der Waals surface area contributed by atoms with Gasteiger partial charge < -0.3 is 14.8 Å². The van der Waals surface area contributed by atoms with Gasteiger partial charge in [-0.1, -0.05) is 18.2 Å². The normalized spacial score (nSPS) is 17.3. The zero-order valence-corrected chi connectivity index (χ0v) is 11.0. The summed E-state index contributed by atoms with van der Waals surface area (Å²) < 4.78 is 34.5. The molecule has 0 heterocycles. The lowest BCUT2D eigenvalue weighted by Gasteiger charge is -2.40. The van der Waals surface area contributed by atoms with E-state index in [2.05, 4.69) is 10.1 Å². The molecule has 0 amide bonds. The molecule has 1 saturated carbocycles. The maximum absolute atomic E-state index is 12.3. The van der Waals surface area contributed by atoms with Crippen LogP contribution in [0, 0.1) is 0 Å². The van der Waals surface area contributed by atoms with Crippen LogP contribution in [0.4, 0.5) is 8.78 Å². The molecule has 0 saturated heterocycles. The van der Waals surface area contributed by atoms with Crippen LogP contribution in [0.2, 0.25) is 0 Å². The van der Waals surface area contributed by atoms with Crippen molar-refractivity contribution in [3.63, 3.8) is 0 Å². The highest BCUT2D eigenvalue weighted by atomic mass is 19.3. The smallest absolute Gasteiger partial charge is 0.387 e. The van der Waals surface area contributed by atoms with Gasteiger partial charge in [0.05, 0.1) is 5.60 Å². The molecule has 3 nitrogen and oxygen atoms in total. The summed E-state index contributed by atoms with van der Waals surface area (Å²) in [7, 11) is 1.72. The van der Waals surface area contributed by atoms with E-state index in [1.807, 2.05) is 6.07 Å². The molecule has 0 atom stereocenters. The lowest BCUT2D eigenvalue weighted by molar-refractivity contribution is -0.0698. The highest BCUT2D eigenvalue weighted by Crippen LogP contribution is 2.34. The fraction of sp³-hybridized carbons (Fsp3) is 0.571. The second kappa shape index (κ2) is 6.30. The van der Waals surface area contributed by atoms with Gasteiger partial charge in [0.15, 0.2) is 0 Å². The van der Waals surface area contributed by atoms with Crippen molar-refractivity contribution >= 4 is 0 Å². The predicted molar refractivity (Wildman–Crippen MR) is 68.4 cm³/mol. The number of methoxy groups -OCH3 is 1. The molecule has 0 bridgehead atoms. The van der Waals surface area contributed by atoms with Gasteiger partial charge >= 0.3 is 6.61 Å². The van der Waals surface area contributed by atoms with Crippen molar-refractivity contribution in [3.8, 4) is 5.75 Å². The van der Waals surface area contributed by atoms with E-state index < -0.39 is 6.61 Å². The molecular formula is C14H19F2NO2. The maximum atomic E-state index is 12.3. The molecule has 0 radical (unpaired) electrons. The third kappa shape index (κ3) is 3.64. The van der Waals surface area contributed by atoms with E-state index >= 15 is 0 Å². The van der Waals surface area contributed by atoms with Gasteiger partial charge in [0, 0.05) is 25.8 Å². The average Bonchev–Trinajstić information content (AvgIpc) is 2.34. The second-order valence-electron chi connectivity index (χ2n) is 4.83. The summed E-state index contributed by atoms with van der Waals surface area (Å²) in [6.07, 6.45) is 3.28. The van der Waals surface area contributed by atoms with Crippen molar-refractivity contribution in [1.82, 2.24) is 5.32 Å². The molecule has 1 aliphatic rings. The van der Waals surface area contributed by atoms with Gasteiger partial charge in [-0.05, 0) is 25.3 Å². The van der Waals surface area contributed by atoms with Crippen molar-refractivity contribution in [2.24, 2.45) is 0 Å². The minimum absolute atomic E-state index is 0.0709. The summed E-state index contributed by atoms with van der Waals surface area (Å²) >= 11 is 0. The lowest BCUT2D eigenvalue weighted by Crippen LogP contribution is -2.47. The molecule has 0 unspecified atom stereocenters. The minimum Gasteiger partial charge on any atom is -0.434 e. The Morgan fingerprint density at radius 3 is 2.63 bits per heavy atom. The van der Waals surface area contributed by atoms with Crippen LogP contribution >= 0.6 is 0 Å². The van der Waals surface area contributed by atoms with E-state index in [0.29, 0.717) is 6.54 Å². The first-order valence-electron chi connectivity index (χ1n) is 6.44. The Kier molecular flexibility index (Phi) is 4.71. The van der Waals surface area contributed by atoms with Crippen LogP contribution in [0.15, 0.2) is 24.3 Å². The first-order valence-corrected chi connectivity index (χ1v) is 6.44. The monoisotopic (exact) mass is 271 g/mol. The van der Waals surface area contributed by atoms with Gasteiger partial charge in [0.25, 0.3) is 0 Å². The van der Waals surface area contributed by atoms with Gasteiger partial charge in [0.2, 0.25) is 0 Å². The number of hydrogen-bond acceptors (Lipinski definition) is 3. The summed E-state index contributed by atoms with van der Waals surface area (Å²) in [4.78, 5) is 0. The van der Waals surface area contributed by atoms with E-state index in [4.69, 9.17) is 4.74 Å². The molecule has 1 N–H and O–H groups in total. The highest BCUT2D eigenvalue weighted by molar-refractivity contribution is 5.33. The fourth-order valence-electron chi connectivity index (χ4n) is 2.31. The molecule has 19 heavy (non-hydrogen) atoms. The Morgan fingerprint density at radius 2 is 2.05 bits per heavy atom. The van der Waals surface area contributed by atoms with E-state index in [0.717, 1.165) is 24.9 Å². The van der Waals surface area contributed by atoms with Gasteiger partial charge in [-0.15, -0.1) is 0 Å². The maximum Gasteiger partial charge on any atom is 0.387 e. The topological polar surface area (TPSA) is 30.5 Å². The van der Waals surface area contributed by atoms with E-state index in [-0.39, 0.29) is 11.4 Å². The van der Waals surface area contributed by atoms with Gasteiger partial charge in [-0.2, -0.15) is 8.78 Å². The first-order chi connectivity index (χ1) is 9.15. The Bertz CT molecular complexity index is 403. The molecule has 1 aromatic carbocycles. The zero-order chi connectivity index (χ0) is 13.7. The minimum atomic E-state index is -2.79. The van der Waals surface area contributed by atoms with Crippen molar-refractivity contribution in [2.45, 2.75) is 38.0 Å². The van der Waals surface area contributed by atoms with E-state index in [1.54, 1.807) is 25.3 Å². The number of alkyl halides is 2. The van der Waals surface area contributed by atoms with Crippen molar-refractivity contribution in [2.75, 3.05) is 13.7 Å². The zero-order valence-electron chi connectivity index (χ0n) is 11.0. The van der Waals surface area contributed by atoms with Crippen molar-refractivity contribution < 1.29 is 18.3 Å². The van der Waals surface area contributed by atoms with Gasteiger partial charge in [-0.3, -0.25) is 0 Å². The van der Waals surface area contributed by atoms with Crippen LogP contribution in [0.25, 0.3) is 0 Å². The summed E-state index contributed by atoms with van der Waals surface area (Å²) in [5.74, 6) is 0.227. The Labute approximate surface area is 111 Å². The number of para-hydroxylation sites is 1. The molecule has 1 aliphatic carbocycles. The van der Waals surface area contributed by atoms with Crippen molar-refractivity contribution in [3.05, 3.63) is 29.8 Å². The molecular weight excluding hydrogens is 252 g/mol. The number of benzene rings is 1. The lowest BCUT2D eigenvalue weighted by atomic mass is 9.80. The standard InChI is InChI=1S/C14H19F2NO2/c1-18-14(7-4-8-14)10-17-9-11-5-2-3-6-12(11)19-13(15)16/h2-3,5-6,13,17H,4,7-10H2,1H3. The Hall–Kier alpha value is -1.20. The summed E-state index contributed by atoms with van der Waals surface area (Å²) in [6.45, 7) is -1.57. The van der Waals surface area contributed by atoms with Gasteiger partial charge in [-0.25, -0.2) is 0 Å². The Morgan fingerprint density at radius 1 is 1.32 bits per heavy atom. The number of halogens is 2. The molecule has 2 rings (SSSR count). The molecule has 0 aromatic heterocycles. The van der Waals surface area contributed by atoms with Crippen molar-refractivity contribution in [1.29, 1.82) is 0 Å². The van der Waals surface area contributed by atoms with Crippen LogP contribution < -0.4 is 10.1 Å². The number of rotatable bonds is 7. The second-order valence-corrected chi connectivity index (χ2v) is 4.83. The molecule has 0 spiro atoms. The molecule has 106 valence electrons. The number of ether oxygens (including phenoxy) is 2. The molecule has 5 heteroatoms.